The van der Waals surface area contributed by atoms with Crippen molar-refractivity contribution in [1.29, 1.82) is 0 Å². The lowest BCUT2D eigenvalue weighted by molar-refractivity contribution is 0.0491. The highest BCUT2D eigenvalue weighted by molar-refractivity contribution is 5.68. The number of amides is 1. The van der Waals surface area contributed by atoms with Crippen LogP contribution in [-0.2, 0) is 4.74 Å². The number of benzene rings is 1. The highest BCUT2D eigenvalue weighted by Gasteiger charge is 2.25. The van der Waals surface area contributed by atoms with Gasteiger partial charge < -0.3 is 10.1 Å². The molecule has 0 saturated heterocycles. The van der Waals surface area contributed by atoms with Crippen molar-refractivity contribution in [3.8, 4) is 0 Å². The maximum absolute atomic E-state index is 11.7. The number of hydrogen-bond acceptors (Lipinski definition) is 2. The third-order valence-corrected chi connectivity index (χ3v) is 3.72. The van der Waals surface area contributed by atoms with Crippen molar-refractivity contribution in [2.24, 2.45) is 0 Å². The third kappa shape index (κ3) is 4.55. The molecule has 1 aliphatic rings. The van der Waals surface area contributed by atoms with E-state index in [0.717, 1.165) is 25.7 Å². The quantitative estimate of drug-likeness (QED) is 0.876. The number of nitrogens with one attached hydrogen (secondary N) is 1. The highest BCUT2D eigenvalue weighted by atomic mass is 16.6. The summed E-state index contributed by atoms with van der Waals surface area (Å²) in [6, 6.07) is 10.9. The standard InChI is InChI=1S/C17H25NO2/c1-17(2,3)20-16(19)18-15-11-9-14(10-12-15)13-7-5-4-6-8-13/h4-8,14-15H,9-12H2,1-3H3,(H,18,19). The van der Waals surface area contributed by atoms with Crippen molar-refractivity contribution in [1.82, 2.24) is 5.32 Å². The van der Waals surface area contributed by atoms with Gasteiger partial charge in [0.05, 0.1) is 0 Å². The van der Waals surface area contributed by atoms with E-state index in [2.05, 4.69) is 35.6 Å². The van der Waals surface area contributed by atoms with Gasteiger partial charge in [0.1, 0.15) is 5.60 Å². The summed E-state index contributed by atoms with van der Waals surface area (Å²) < 4.78 is 5.30. The maximum atomic E-state index is 11.7. The molecule has 2 rings (SSSR count). The molecule has 1 aromatic carbocycles. The SMILES string of the molecule is CC(C)(C)OC(=O)NC1CCC(c2ccccc2)CC1. The Kier molecular flexibility index (Phi) is 4.69. The van der Waals surface area contributed by atoms with Gasteiger partial charge in [-0.3, -0.25) is 0 Å². The Hall–Kier alpha value is -1.51. The summed E-state index contributed by atoms with van der Waals surface area (Å²) in [6.07, 6.45) is 4.02. The number of carbonyl (C=O) groups is 1. The Bertz CT molecular complexity index is 428. The summed E-state index contributed by atoms with van der Waals surface area (Å²) >= 11 is 0. The van der Waals surface area contributed by atoms with Gasteiger partial charge in [-0.15, -0.1) is 0 Å². The van der Waals surface area contributed by atoms with Crippen molar-refractivity contribution < 1.29 is 9.53 Å². The van der Waals surface area contributed by atoms with Crippen LogP contribution in [0.1, 0.15) is 57.9 Å². The van der Waals surface area contributed by atoms with E-state index in [4.69, 9.17) is 4.74 Å². The van der Waals surface area contributed by atoms with E-state index < -0.39 is 5.60 Å². The average molecular weight is 275 g/mol. The zero-order valence-corrected chi connectivity index (χ0v) is 12.7. The molecule has 3 nitrogen and oxygen atoms in total. The molecule has 1 fully saturated rings. The predicted octanol–water partition coefficient (Wildman–Crippen LogP) is 4.24. The summed E-state index contributed by atoms with van der Waals surface area (Å²) in [5, 5.41) is 2.99. The zero-order valence-electron chi connectivity index (χ0n) is 12.7. The van der Waals surface area contributed by atoms with E-state index in [1.165, 1.54) is 5.56 Å². The Morgan fingerprint density at radius 2 is 1.70 bits per heavy atom. The second-order valence-corrected chi connectivity index (χ2v) is 6.61. The van der Waals surface area contributed by atoms with Gasteiger partial charge in [-0.25, -0.2) is 4.79 Å². The van der Waals surface area contributed by atoms with Gasteiger partial charge in [0, 0.05) is 6.04 Å². The lowest BCUT2D eigenvalue weighted by atomic mass is 9.82. The van der Waals surface area contributed by atoms with Gasteiger partial charge in [0.2, 0.25) is 0 Å². The summed E-state index contributed by atoms with van der Waals surface area (Å²) in [4.78, 5) is 11.7. The van der Waals surface area contributed by atoms with Crippen LogP contribution in [0.25, 0.3) is 0 Å². The fourth-order valence-corrected chi connectivity index (χ4v) is 2.77. The first-order chi connectivity index (χ1) is 9.44. The Morgan fingerprint density at radius 3 is 2.25 bits per heavy atom. The van der Waals surface area contributed by atoms with Gasteiger partial charge in [0.25, 0.3) is 0 Å². The molecule has 3 heteroatoms. The molecule has 1 aromatic rings. The van der Waals surface area contributed by atoms with Crippen LogP contribution in [0.4, 0.5) is 4.79 Å². The van der Waals surface area contributed by atoms with Crippen LogP contribution in [0.5, 0.6) is 0 Å². The summed E-state index contributed by atoms with van der Waals surface area (Å²) in [5.74, 6) is 0.632. The minimum absolute atomic E-state index is 0.254. The first kappa shape index (κ1) is 14.9. The summed E-state index contributed by atoms with van der Waals surface area (Å²) in [7, 11) is 0. The lowest BCUT2D eigenvalue weighted by Crippen LogP contribution is -2.40. The number of alkyl carbamates (subject to hydrolysis) is 1. The predicted molar refractivity (Wildman–Crippen MR) is 80.8 cm³/mol. The van der Waals surface area contributed by atoms with Gasteiger partial charge in [-0.05, 0) is 57.9 Å². The molecular weight excluding hydrogens is 250 g/mol. The number of rotatable bonds is 2. The van der Waals surface area contributed by atoms with E-state index in [0.29, 0.717) is 5.92 Å². The van der Waals surface area contributed by atoms with Crippen LogP contribution < -0.4 is 5.32 Å². The van der Waals surface area contributed by atoms with Crippen LogP contribution in [0.15, 0.2) is 30.3 Å². The van der Waals surface area contributed by atoms with Gasteiger partial charge >= 0.3 is 6.09 Å². The van der Waals surface area contributed by atoms with E-state index in [1.807, 2.05) is 20.8 Å². The Labute approximate surface area is 121 Å². The Balaban J connectivity index is 1.79. The molecule has 0 radical (unpaired) electrons. The minimum Gasteiger partial charge on any atom is -0.444 e. The van der Waals surface area contributed by atoms with E-state index in [1.54, 1.807) is 0 Å². The molecule has 0 atom stereocenters. The molecule has 0 heterocycles. The number of hydrogen-bond donors (Lipinski definition) is 1. The molecule has 0 aliphatic heterocycles. The number of ether oxygens (including phenoxy) is 1. The van der Waals surface area contributed by atoms with Gasteiger partial charge in [-0.1, -0.05) is 30.3 Å². The molecule has 1 aliphatic carbocycles. The normalized spacial score (nSPS) is 23.1. The molecule has 1 saturated carbocycles. The molecule has 0 spiro atoms. The molecule has 1 N–H and O–H groups in total. The molecule has 0 aromatic heterocycles. The van der Waals surface area contributed by atoms with Crippen molar-refractivity contribution in [3.63, 3.8) is 0 Å². The Morgan fingerprint density at radius 1 is 1.10 bits per heavy atom. The monoisotopic (exact) mass is 275 g/mol. The molecule has 110 valence electrons. The van der Waals surface area contributed by atoms with Crippen LogP contribution >= 0.6 is 0 Å². The van der Waals surface area contributed by atoms with Crippen molar-refractivity contribution in [2.45, 2.75) is 64.0 Å². The van der Waals surface area contributed by atoms with Crippen LogP contribution in [0.2, 0.25) is 0 Å². The van der Waals surface area contributed by atoms with Crippen LogP contribution in [0, 0.1) is 0 Å². The van der Waals surface area contributed by atoms with Crippen LogP contribution in [0.3, 0.4) is 0 Å². The van der Waals surface area contributed by atoms with E-state index in [-0.39, 0.29) is 12.1 Å². The van der Waals surface area contributed by atoms with Crippen LogP contribution in [-0.4, -0.2) is 17.7 Å². The first-order valence-corrected chi connectivity index (χ1v) is 7.48. The third-order valence-electron chi connectivity index (χ3n) is 3.72. The van der Waals surface area contributed by atoms with E-state index in [9.17, 15) is 4.79 Å². The molecule has 0 unspecified atom stereocenters. The maximum Gasteiger partial charge on any atom is 0.407 e. The molecule has 20 heavy (non-hydrogen) atoms. The fraction of sp³-hybridized carbons (Fsp3) is 0.588. The van der Waals surface area contributed by atoms with Crippen molar-refractivity contribution in [3.05, 3.63) is 35.9 Å². The molecule has 0 bridgehead atoms. The van der Waals surface area contributed by atoms with Gasteiger partial charge in [-0.2, -0.15) is 0 Å². The largest absolute Gasteiger partial charge is 0.444 e. The van der Waals surface area contributed by atoms with Crippen molar-refractivity contribution in [2.75, 3.05) is 0 Å². The smallest absolute Gasteiger partial charge is 0.407 e. The van der Waals surface area contributed by atoms with Gasteiger partial charge in [0.15, 0.2) is 0 Å². The topological polar surface area (TPSA) is 38.3 Å². The zero-order chi connectivity index (χ0) is 14.6. The average Bonchev–Trinajstić information content (AvgIpc) is 2.38. The van der Waals surface area contributed by atoms with Crippen molar-refractivity contribution >= 4 is 6.09 Å². The molecular formula is C17H25NO2. The summed E-state index contributed by atoms with van der Waals surface area (Å²) in [5.41, 5.74) is 0.994. The highest BCUT2D eigenvalue weighted by Crippen LogP contribution is 2.32. The lowest BCUT2D eigenvalue weighted by Gasteiger charge is -2.30. The second-order valence-electron chi connectivity index (χ2n) is 6.61. The number of carbonyl (C=O) groups excluding carboxylic acids is 1. The van der Waals surface area contributed by atoms with E-state index >= 15 is 0 Å². The molecule has 1 amide bonds. The first-order valence-electron chi connectivity index (χ1n) is 7.48. The second kappa shape index (κ2) is 6.29. The fourth-order valence-electron chi connectivity index (χ4n) is 2.77. The minimum atomic E-state index is -0.425. The summed E-state index contributed by atoms with van der Waals surface area (Å²) in [6.45, 7) is 5.66.